The lowest BCUT2D eigenvalue weighted by atomic mass is 10.1. The molecule has 1 aliphatic heterocycles. The second-order valence-electron chi connectivity index (χ2n) is 6.71. The third-order valence-corrected chi connectivity index (χ3v) is 8.07. The van der Waals surface area contributed by atoms with Gasteiger partial charge in [-0.05, 0) is 25.1 Å². The average molecular weight is 434 g/mol. The number of halogens is 1. The molecule has 0 bridgehead atoms. The predicted octanol–water partition coefficient (Wildman–Crippen LogP) is 4.28. The van der Waals surface area contributed by atoms with Crippen LogP contribution >= 0.6 is 22.9 Å². The molecule has 28 heavy (non-hydrogen) atoms. The van der Waals surface area contributed by atoms with Gasteiger partial charge < -0.3 is 4.90 Å². The molecule has 0 amide bonds. The number of thiazole rings is 1. The normalized spacial score (nSPS) is 15.7. The first-order valence-corrected chi connectivity index (χ1v) is 11.7. The zero-order valence-electron chi connectivity index (χ0n) is 15.4. The van der Waals surface area contributed by atoms with Gasteiger partial charge in [0.05, 0.1) is 10.7 Å². The van der Waals surface area contributed by atoms with Crippen molar-refractivity contribution < 1.29 is 8.42 Å². The van der Waals surface area contributed by atoms with Crippen molar-refractivity contribution in [2.45, 2.75) is 11.8 Å². The smallest absolute Gasteiger partial charge is 0.244 e. The highest BCUT2D eigenvalue weighted by molar-refractivity contribution is 7.89. The summed E-state index contributed by atoms with van der Waals surface area (Å²) < 4.78 is 27.3. The second-order valence-corrected chi connectivity index (χ2v) is 9.86. The van der Waals surface area contributed by atoms with E-state index in [4.69, 9.17) is 16.6 Å². The molecule has 0 spiro atoms. The Kier molecular flexibility index (Phi) is 5.42. The van der Waals surface area contributed by atoms with Gasteiger partial charge in [0.15, 0.2) is 5.13 Å². The summed E-state index contributed by atoms with van der Waals surface area (Å²) in [5.74, 6) is 0. The maximum Gasteiger partial charge on any atom is 0.244 e. The molecule has 0 saturated carbocycles. The van der Waals surface area contributed by atoms with Crippen LogP contribution in [-0.4, -0.2) is 43.9 Å². The van der Waals surface area contributed by atoms with E-state index < -0.39 is 10.0 Å². The van der Waals surface area contributed by atoms with Crippen LogP contribution < -0.4 is 4.90 Å². The van der Waals surface area contributed by atoms with E-state index in [2.05, 4.69) is 35.4 Å². The zero-order valence-corrected chi connectivity index (χ0v) is 17.8. The van der Waals surface area contributed by atoms with Crippen LogP contribution in [0.15, 0.2) is 58.8 Å². The molecule has 4 rings (SSSR count). The van der Waals surface area contributed by atoms with E-state index in [1.54, 1.807) is 35.6 Å². The van der Waals surface area contributed by atoms with Gasteiger partial charge in [-0.15, -0.1) is 11.3 Å². The minimum Gasteiger partial charge on any atom is -0.345 e. The number of aryl methyl sites for hydroxylation is 1. The third-order valence-electron chi connectivity index (χ3n) is 4.77. The molecule has 3 aromatic rings. The maximum absolute atomic E-state index is 12.9. The summed E-state index contributed by atoms with van der Waals surface area (Å²) in [6.07, 6.45) is 0. The van der Waals surface area contributed by atoms with E-state index in [0.717, 1.165) is 16.4 Å². The molecule has 146 valence electrons. The lowest BCUT2D eigenvalue weighted by Crippen LogP contribution is -2.48. The topological polar surface area (TPSA) is 53.5 Å². The van der Waals surface area contributed by atoms with Crippen LogP contribution in [0.2, 0.25) is 5.02 Å². The highest BCUT2D eigenvalue weighted by Crippen LogP contribution is 2.30. The number of benzene rings is 2. The van der Waals surface area contributed by atoms with E-state index >= 15 is 0 Å². The van der Waals surface area contributed by atoms with E-state index in [9.17, 15) is 8.42 Å². The summed E-state index contributed by atoms with van der Waals surface area (Å²) in [6, 6.07) is 14.8. The molecule has 5 nitrogen and oxygen atoms in total. The van der Waals surface area contributed by atoms with Gasteiger partial charge in [0.25, 0.3) is 0 Å². The van der Waals surface area contributed by atoms with Gasteiger partial charge in [0.1, 0.15) is 4.90 Å². The summed E-state index contributed by atoms with van der Waals surface area (Å²) >= 11 is 7.69. The highest BCUT2D eigenvalue weighted by Gasteiger charge is 2.30. The van der Waals surface area contributed by atoms with Crippen molar-refractivity contribution in [3.05, 3.63) is 64.5 Å². The Morgan fingerprint density at radius 1 is 1.04 bits per heavy atom. The van der Waals surface area contributed by atoms with Crippen LogP contribution in [0.5, 0.6) is 0 Å². The lowest BCUT2D eigenvalue weighted by Gasteiger charge is -2.33. The number of anilines is 1. The summed E-state index contributed by atoms with van der Waals surface area (Å²) in [4.78, 5) is 7.07. The number of hydrogen-bond donors (Lipinski definition) is 0. The fourth-order valence-electron chi connectivity index (χ4n) is 3.26. The van der Waals surface area contributed by atoms with Gasteiger partial charge in [0.2, 0.25) is 10.0 Å². The van der Waals surface area contributed by atoms with Crippen molar-refractivity contribution in [3.8, 4) is 11.3 Å². The van der Waals surface area contributed by atoms with Crippen molar-refractivity contribution in [2.24, 2.45) is 0 Å². The number of piperazine rings is 1. The number of sulfonamides is 1. The van der Waals surface area contributed by atoms with Crippen molar-refractivity contribution in [1.29, 1.82) is 0 Å². The molecular formula is C20H20ClN3O2S2. The minimum atomic E-state index is -3.58. The van der Waals surface area contributed by atoms with Gasteiger partial charge >= 0.3 is 0 Å². The molecule has 0 unspecified atom stereocenters. The maximum atomic E-state index is 12.9. The summed E-state index contributed by atoms with van der Waals surface area (Å²) in [6.45, 7) is 4.09. The van der Waals surface area contributed by atoms with Crippen LogP contribution in [0.3, 0.4) is 0 Å². The van der Waals surface area contributed by atoms with Crippen LogP contribution in [0.4, 0.5) is 5.13 Å². The molecule has 2 aromatic carbocycles. The van der Waals surface area contributed by atoms with Crippen molar-refractivity contribution >= 4 is 38.1 Å². The molecule has 2 heterocycles. The summed E-state index contributed by atoms with van der Waals surface area (Å²) in [7, 11) is -3.58. The van der Waals surface area contributed by atoms with Crippen molar-refractivity contribution in [2.75, 3.05) is 31.1 Å². The quantitative estimate of drug-likeness (QED) is 0.616. The Labute approximate surface area is 174 Å². The van der Waals surface area contributed by atoms with Crippen LogP contribution in [0, 0.1) is 6.92 Å². The molecule has 1 aliphatic rings. The Morgan fingerprint density at radius 2 is 1.79 bits per heavy atom. The molecule has 1 aromatic heterocycles. The van der Waals surface area contributed by atoms with E-state index in [1.165, 1.54) is 9.87 Å². The SMILES string of the molecule is Cc1cccc(-c2csc(N3CCN(S(=O)(=O)c4ccccc4Cl)CC3)n2)c1. The van der Waals surface area contributed by atoms with E-state index in [-0.39, 0.29) is 9.92 Å². The largest absolute Gasteiger partial charge is 0.345 e. The standard InChI is InChI=1S/C20H20ClN3O2S2/c1-15-5-4-6-16(13-15)18-14-27-20(22-18)23-9-11-24(12-10-23)28(25,26)19-8-3-2-7-17(19)21/h2-8,13-14H,9-12H2,1H3. The predicted molar refractivity (Wildman–Crippen MR) is 115 cm³/mol. The fraction of sp³-hybridized carbons (Fsp3) is 0.250. The molecule has 1 saturated heterocycles. The van der Waals surface area contributed by atoms with E-state index in [1.807, 2.05) is 6.07 Å². The first kappa shape index (κ1) is 19.4. The second kappa shape index (κ2) is 7.83. The van der Waals surface area contributed by atoms with Crippen LogP contribution in [0.25, 0.3) is 11.3 Å². The van der Waals surface area contributed by atoms with Crippen molar-refractivity contribution in [3.63, 3.8) is 0 Å². The number of rotatable bonds is 4. The zero-order chi connectivity index (χ0) is 19.7. The molecular weight excluding hydrogens is 414 g/mol. The summed E-state index contributed by atoms with van der Waals surface area (Å²) in [5.41, 5.74) is 3.25. The molecule has 0 aliphatic carbocycles. The Morgan fingerprint density at radius 3 is 2.50 bits per heavy atom. The van der Waals surface area contributed by atoms with Crippen LogP contribution in [-0.2, 0) is 10.0 Å². The summed E-state index contributed by atoms with van der Waals surface area (Å²) in [5, 5.41) is 3.23. The molecule has 0 atom stereocenters. The number of aromatic nitrogens is 1. The van der Waals surface area contributed by atoms with Crippen LogP contribution in [0.1, 0.15) is 5.56 Å². The average Bonchev–Trinajstić information content (AvgIpc) is 3.19. The minimum absolute atomic E-state index is 0.168. The molecule has 0 N–H and O–H groups in total. The number of nitrogens with zero attached hydrogens (tertiary/aromatic N) is 3. The third kappa shape index (κ3) is 3.80. The molecule has 8 heteroatoms. The Balaban J connectivity index is 1.47. The molecule has 1 fully saturated rings. The van der Waals surface area contributed by atoms with Gasteiger partial charge in [-0.2, -0.15) is 4.31 Å². The fourth-order valence-corrected chi connectivity index (χ4v) is 6.06. The van der Waals surface area contributed by atoms with Gasteiger partial charge in [-0.25, -0.2) is 13.4 Å². The van der Waals surface area contributed by atoms with Gasteiger partial charge in [-0.3, -0.25) is 0 Å². The Bertz CT molecular complexity index is 1090. The van der Waals surface area contributed by atoms with Gasteiger partial charge in [-0.1, -0.05) is 47.5 Å². The Hall–Kier alpha value is -1.93. The van der Waals surface area contributed by atoms with Gasteiger partial charge in [0, 0.05) is 37.1 Å². The highest BCUT2D eigenvalue weighted by atomic mass is 35.5. The molecule has 0 radical (unpaired) electrons. The first-order chi connectivity index (χ1) is 13.4. The van der Waals surface area contributed by atoms with E-state index in [0.29, 0.717) is 26.2 Å². The first-order valence-electron chi connectivity index (χ1n) is 8.97. The monoisotopic (exact) mass is 433 g/mol. The van der Waals surface area contributed by atoms with Crippen molar-refractivity contribution in [1.82, 2.24) is 9.29 Å². The number of hydrogen-bond acceptors (Lipinski definition) is 5. The lowest BCUT2D eigenvalue weighted by molar-refractivity contribution is 0.385.